The number of nitrogens with zero attached hydrogens (tertiary/aromatic N) is 2. The van der Waals surface area contributed by atoms with Crippen molar-refractivity contribution in [3.8, 4) is 5.75 Å². The van der Waals surface area contributed by atoms with Gasteiger partial charge in [-0.15, -0.1) is 11.3 Å². The molecule has 1 aromatic carbocycles. The van der Waals surface area contributed by atoms with Gasteiger partial charge in [0.2, 0.25) is 0 Å². The van der Waals surface area contributed by atoms with E-state index in [1.807, 2.05) is 24.3 Å². The van der Waals surface area contributed by atoms with Crippen molar-refractivity contribution in [1.82, 2.24) is 9.97 Å². The van der Waals surface area contributed by atoms with E-state index in [0.29, 0.717) is 0 Å². The Hall–Kier alpha value is -2.14. The second-order valence-electron chi connectivity index (χ2n) is 5.16. The van der Waals surface area contributed by atoms with E-state index in [0.717, 1.165) is 39.7 Å². The molecule has 0 saturated carbocycles. The zero-order valence-corrected chi connectivity index (χ0v) is 14.0. The van der Waals surface area contributed by atoms with Crippen molar-refractivity contribution in [2.45, 2.75) is 27.2 Å². The number of aryl methyl sites for hydroxylation is 3. The first kappa shape index (κ1) is 14.8. The average Bonchev–Trinajstić information content (AvgIpc) is 2.82. The molecule has 0 aliphatic heterocycles. The van der Waals surface area contributed by atoms with Gasteiger partial charge in [0.25, 0.3) is 0 Å². The summed E-state index contributed by atoms with van der Waals surface area (Å²) in [5, 5.41) is 4.55. The van der Waals surface area contributed by atoms with E-state index in [1.54, 1.807) is 18.4 Å². The molecule has 0 aliphatic carbocycles. The largest absolute Gasteiger partial charge is 0.497 e. The molecule has 0 spiro atoms. The minimum atomic E-state index is 0.823. The van der Waals surface area contributed by atoms with Crippen molar-refractivity contribution in [3.05, 3.63) is 40.5 Å². The highest BCUT2D eigenvalue weighted by molar-refractivity contribution is 7.18. The number of nitrogens with one attached hydrogen (secondary N) is 1. The van der Waals surface area contributed by atoms with Gasteiger partial charge in [-0.05, 0) is 43.7 Å². The zero-order valence-electron chi connectivity index (χ0n) is 13.2. The topological polar surface area (TPSA) is 47.0 Å². The Labute approximate surface area is 134 Å². The molecule has 3 rings (SSSR count). The van der Waals surface area contributed by atoms with Gasteiger partial charge in [0.05, 0.1) is 12.5 Å². The molecule has 2 aromatic heterocycles. The van der Waals surface area contributed by atoms with Crippen molar-refractivity contribution in [3.63, 3.8) is 0 Å². The van der Waals surface area contributed by atoms with Crippen LogP contribution in [0.5, 0.6) is 5.75 Å². The number of rotatable bonds is 4. The number of fused-ring (bicyclic) bond motifs is 1. The third kappa shape index (κ3) is 2.64. The van der Waals surface area contributed by atoms with Crippen LogP contribution in [0.1, 0.15) is 23.2 Å². The highest BCUT2D eigenvalue weighted by Crippen LogP contribution is 2.34. The highest BCUT2D eigenvalue weighted by Gasteiger charge is 2.14. The number of hydrogen-bond acceptors (Lipinski definition) is 5. The maximum absolute atomic E-state index is 5.20. The average molecular weight is 313 g/mol. The van der Waals surface area contributed by atoms with E-state index in [-0.39, 0.29) is 0 Å². The zero-order chi connectivity index (χ0) is 15.7. The molecule has 0 bridgehead atoms. The van der Waals surface area contributed by atoms with Crippen molar-refractivity contribution in [2.24, 2.45) is 0 Å². The van der Waals surface area contributed by atoms with Gasteiger partial charge in [0, 0.05) is 17.0 Å². The van der Waals surface area contributed by atoms with Crippen LogP contribution in [0, 0.1) is 13.8 Å². The fraction of sp³-hybridized carbons (Fsp3) is 0.294. The summed E-state index contributed by atoms with van der Waals surface area (Å²) < 4.78 is 5.20. The molecule has 5 heteroatoms. The summed E-state index contributed by atoms with van der Waals surface area (Å²) in [7, 11) is 1.67. The number of ether oxygens (including phenoxy) is 1. The van der Waals surface area contributed by atoms with Gasteiger partial charge in [-0.25, -0.2) is 9.97 Å². The Balaban J connectivity index is 2.07. The maximum Gasteiger partial charge on any atom is 0.143 e. The lowest BCUT2D eigenvalue weighted by atomic mass is 10.2. The molecule has 0 radical (unpaired) electrons. The summed E-state index contributed by atoms with van der Waals surface area (Å²) in [6, 6.07) is 7.86. The molecule has 0 fully saturated rings. The Morgan fingerprint density at radius 1 is 1.14 bits per heavy atom. The van der Waals surface area contributed by atoms with Crippen LogP contribution in [0.3, 0.4) is 0 Å². The summed E-state index contributed by atoms with van der Waals surface area (Å²) in [5.74, 6) is 2.59. The van der Waals surface area contributed by atoms with E-state index in [1.165, 1.54) is 10.4 Å². The smallest absolute Gasteiger partial charge is 0.143 e. The number of benzene rings is 1. The lowest BCUT2D eigenvalue weighted by Gasteiger charge is -2.10. The van der Waals surface area contributed by atoms with Crippen LogP contribution in [0.15, 0.2) is 24.3 Å². The van der Waals surface area contributed by atoms with E-state index < -0.39 is 0 Å². The predicted molar refractivity (Wildman–Crippen MR) is 92.5 cm³/mol. The Bertz CT molecular complexity index is 809. The van der Waals surface area contributed by atoms with Crippen molar-refractivity contribution >= 4 is 33.1 Å². The highest BCUT2D eigenvalue weighted by atomic mass is 32.1. The van der Waals surface area contributed by atoms with E-state index in [4.69, 9.17) is 4.74 Å². The first-order chi connectivity index (χ1) is 10.6. The molecule has 0 unspecified atom stereocenters. The van der Waals surface area contributed by atoms with E-state index >= 15 is 0 Å². The van der Waals surface area contributed by atoms with Gasteiger partial charge in [0.1, 0.15) is 22.2 Å². The Morgan fingerprint density at radius 2 is 1.86 bits per heavy atom. The summed E-state index contributed by atoms with van der Waals surface area (Å²) in [6.45, 7) is 6.33. The summed E-state index contributed by atoms with van der Waals surface area (Å²) >= 11 is 1.73. The molecule has 4 nitrogen and oxygen atoms in total. The lowest BCUT2D eigenvalue weighted by Crippen LogP contribution is -2.00. The third-order valence-electron chi connectivity index (χ3n) is 3.74. The van der Waals surface area contributed by atoms with Crippen LogP contribution >= 0.6 is 11.3 Å². The lowest BCUT2D eigenvalue weighted by molar-refractivity contribution is 0.415. The molecule has 0 amide bonds. The Morgan fingerprint density at radius 3 is 2.50 bits per heavy atom. The summed E-state index contributed by atoms with van der Waals surface area (Å²) in [6.07, 6.45) is 0.823. The number of methoxy groups -OCH3 is 1. The minimum absolute atomic E-state index is 0.823. The Kier molecular flexibility index (Phi) is 3.98. The quantitative estimate of drug-likeness (QED) is 0.763. The van der Waals surface area contributed by atoms with Crippen LogP contribution in [0.25, 0.3) is 10.2 Å². The van der Waals surface area contributed by atoms with Crippen molar-refractivity contribution < 1.29 is 4.74 Å². The fourth-order valence-corrected chi connectivity index (χ4v) is 3.40. The van der Waals surface area contributed by atoms with E-state index in [9.17, 15) is 0 Å². The monoisotopic (exact) mass is 313 g/mol. The molecule has 1 N–H and O–H groups in total. The van der Waals surface area contributed by atoms with Gasteiger partial charge in [-0.1, -0.05) is 6.92 Å². The maximum atomic E-state index is 5.20. The molecule has 22 heavy (non-hydrogen) atoms. The van der Waals surface area contributed by atoms with Gasteiger partial charge in [-0.3, -0.25) is 0 Å². The SMILES string of the molecule is CCc1nc(Nc2ccc(OC)cc2)c2c(C)c(C)sc2n1. The summed E-state index contributed by atoms with van der Waals surface area (Å²) in [4.78, 5) is 11.7. The van der Waals surface area contributed by atoms with Crippen molar-refractivity contribution in [2.75, 3.05) is 12.4 Å². The van der Waals surface area contributed by atoms with Crippen LogP contribution < -0.4 is 10.1 Å². The number of anilines is 2. The second kappa shape index (κ2) is 5.93. The number of aromatic nitrogens is 2. The normalized spacial score (nSPS) is 10.9. The molecule has 0 saturated heterocycles. The molecule has 0 atom stereocenters. The van der Waals surface area contributed by atoms with Crippen LogP contribution in [0.4, 0.5) is 11.5 Å². The molecule has 2 heterocycles. The first-order valence-electron chi connectivity index (χ1n) is 7.30. The molecule has 114 valence electrons. The molecule has 3 aromatic rings. The van der Waals surface area contributed by atoms with Crippen LogP contribution in [-0.2, 0) is 6.42 Å². The molecule has 0 aliphatic rings. The van der Waals surface area contributed by atoms with Gasteiger partial charge < -0.3 is 10.1 Å². The van der Waals surface area contributed by atoms with Gasteiger partial charge in [0.15, 0.2) is 0 Å². The molecular weight excluding hydrogens is 294 g/mol. The van der Waals surface area contributed by atoms with Crippen LogP contribution in [-0.4, -0.2) is 17.1 Å². The number of hydrogen-bond donors (Lipinski definition) is 1. The van der Waals surface area contributed by atoms with Gasteiger partial charge in [-0.2, -0.15) is 0 Å². The molecular formula is C17H19N3OS. The number of thiophene rings is 1. The van der Waals surface area contributed by atoms with E-state index in [2.05, 4.69) is 36.1 Å². The second-order valence-corrected chi connectivity index (χ2v) is 6.36. The fourth-order valence-electron chi connectivity index (χ4n) is 2.35. The first-order valence-corrected chi connectivity index (χ1v) is 8.11. The van der Waals surface area contributed by atoms with Crippen molar-refractivity contribution in [1.29, 1.82) is 0 Å². The van der Waals surface area contributed by atoms with Gasteiger partial charge >= 0.3 is 0 Å². The third-order valence-corrected chi connectivity index (χ3v) is 4.85. The summed E-state index contributed by atoms with van der Waals surface area (Å²) in [5.41, 5.74) is 2.24. The predicted octanol–water partition coefficient (Wildman–Crippen LogP) is 4.62. The standard InChI is InChI=1S/C17H19N3OS/c1-5-14-19-16(15-10(2)11(3)22-17(15)20-14)18-12-6-8-13(21-4)9-7-12/h6-9H,5H2,1-4H3,(H,18,19,20). The van der Waals surface area contributed by atoms with Crippen LogP contribution in [0.2, 0.25) is 0 Å². The minimum Gasteiger partial charge on any atom is -0.497 e.